The lowest BCUT2D eigenvalue weighted by atomic mass is 9.98. The van der Waals surface area contributed by atoms with Crippen molar-refractivity contribution in [2.45, 2.75) is 32.1 Å². The highest BCUT2D eigenvalue weighted by molar-refractivity contribution is 7.88. The van der Waals surface area contributed by atoms with Crippen LogP contribution in [0.5, 0.6) is 0 Å². The molecule has 2 aromatic carbocycles. The molecule has 0 aromatic heterocycles. The SMILES string of the molecule is Cc1ccc(CNC(=O)[C@@H]2CCCN(S(=O)(=O)Cc3ccc(Cl)cc3Cl)C2)cc1. The molecule has 1 saturated heterocycles. The van der Waals surface area contributed by atoms with E-state index >= 15 is 0 Å². The minimum Gasteiger partial charge on any atom is -0.352 e. The lowest BCUT2D eigenvalue weighted by molar-refractivity contribution is -0.126. The van der Waals surface area contributed by atoms with Gasteiger partial charge in [0, 0.05) is 29.7 Å². The van der Waals surface area contributed by atoms with Gasteiger partial charge in [-0.15, -0.1) is 0 Å². The van der Waals surface area contributed by atoms with Crippen molar-refractivity contribution in [3.63, 3.8) is 0 Å². The molecule has 2 aromatic rings. The number of rotatable bonds is 6. The Morgan fingerprint density at radius 3 is 2.59 bits per heavy atom. The lowest BCUT2D eigenvalue weighted by Gasteiger charge is -2.31. The topological polar surface area (TPSA) is 66.5 Å². The average molecular weight is 455 g/mol. The Kier molecular flexibility index (Phi) is 7.22. The van der Waals surface area contributed by atoms with E-state index in [-0.39, 0.29) is 24.1 Å². The summed E-state index contributed by atoms with van der Waals surface area (Å²) in [6.45, 7) is 3.04. The number of nitrogens with one attached hydrogen (secondary N) is 1. The summed E-state index contributed by atoms with van der Waals surface area (Å²) in [5.41, 5.74) is 2.68. The van der Waals surface area contributed by atoms with E-state index in [0.29, 0.717) is 41.5 Å². The molecule has 156 valence electrons. The predicted octanol–water partition coefficient (Wildman–Crippen LogP) is 4.16. The number of hydrogen-bond donors (Lipinski definition) is 1. The number of benzene rings is 2. The largest absolute Gasteiger partial charge is 0.352 e. The molecule has 1 atom stereocenters. The van der Waals surface area contributed by atoms with Gasteiger partial charge in [0.1, 0.15) is 0 Å². The first-order valence-electron chi connectivity index (χ1n) is 9.49. The number of halogens is 2. The fourth-order valence-corrected chi connectivity index (χ4v) is 5.57. The monoisotopic (exact) mass is 454 g/mol. The van der Waals surface area contributed by atoms with Crippen LogP contribution in [0.15, 0.2) is 42.5 Å². The van der Waals surface area contributed by atoms with Crippen molar-refractivity contribution in [2.75, 3.05) is 13.1 Å². The molecule has 1 amide bonds. The Balaban J connectivity index is 1.61. The molecule has 0 aliphatic carbocycles. The Labute approximate surface area is 182 Å². The van der Waals surface area contributed by atoms with Gasteiger partial charge in [0.05, 0.1) is 11.7 Å². The zero-order chi connectivity index (χ0) is 21.0. The van der Waals surface area contributed by atoms with Gasteiger partial charge >= 0.3 is 0 Å². The third kappa shape index (κ3) is 5.95. The van der Waals surface area contributed by atoms with E-state index in [1.165, 1.54) is 10.4 Å². The van der Waals surface area contributed by atoms with Crippen LogP contribution in [0, 0.1) is 12.8 Å². The predicted molar refractivity (Wildman–Crippen MR) is 116 cm³/mol. The minimum atomic E-state index is -3.58. The third-order valence-corrected chi connectivity index (χ3v) is 7.47. The molecule has 0 bridgehead atoms. The molecule has 0 spiro atoms. The molecule has 0 saturated carbocycles. The number of aryl methyl sites for hydroxylation is 1. The molecule has 0 unspecified atom stereocenters. The highest BCUT2D eigenvalue weighted by Crippen LogP contribution is 2.26. The molecular weight excluding hydrogens is 431 g/mol. The van der Waals surface area contributed by atoms with Gasteiger partial charge in [-0.25, -0.2) is 12.7 Å². The van der Waals surface area contributed by atoms with Crippen LogP contribution < -0.4 is 5.32 Å². The first-order valence-corrected chi connectivity index (χ1v) is 11.9. The zero-order valence-corrected chi connectivity index (χ0v) is 18.5. The second kappa shape index (κ2) is 9.47. The van der Waals surface area contributed by atoms with Crippen molar-refractivity contribution in [3.05, 3.63) is 69.2 Å². The van der Waals surface area contributed by atoms with Crippen LogP contribution in [0.25, 0.3) is 0 Å². The van der Waals surface area contributed by atoms with Gasteiger partial charge in [0.2, 0.25) is 15.9 Å². The molecule has 1 heterocycles. The number of nitrogens with zero attached hydrogens (tertiary/aromatic N) is 1. The van der Waals surface area contributed by atoms with Crippen molar-refractivity contribution in [2.24, 2.45) is 5.92 Å². The molecule has 1 fully saturated rings. The van der Waals surface area contributed by atoms with Gasteiger partial charge in [-0.1, -0.05) is 59.1 Å². The normalized spacial score (nSPS) is 17.8. The fourth-order valence-electron chi connectivity index (χ4n) is 3.38. The van der Waals surface area contributed by atoms with Crippen LogP contribution in [-0.4, -0.2) is 31.7 Å². The molecule has 29 heavy (non-hydrogen) atoms. The van der Waals surface area contributed by atoms with Crippen molar-refractivity contribution < 1.29 is 13.2 Å². The summed E-state index contributed by atoms with van der Waals surface area (Å²) in [5.74, 6) is -0.680. The number of sulfonamides is 1. The summed E-state index contributed by atoms with van der Waals surface area (Å²) in [6.07, 6.45) is 1.32. The van der Waals surface area contributed by atoms with Gasteiger partial charge in [-0.05, 0) is 43.0 Å². The lowest BCUT2D eigenvalue weighted by Crippen LogP contribution is -2.45. The third-order valence-electron chi connectivity index (χ3n) is 5.09. The van der Waals surface area contributed by atoms with Gasteiger partial charge in [-0.2, -0.15) is 0 Å². The van der Waals surface area contributed by atoms with Crippen LogP contribution in [-0.2, 0) is 27.1 Å². The number of carbonyl (C=O) groups is 1. The fraction of sp³-hybridized carbons (Fsp3) is 0.381. The quantitative estimate of drug-likeness (QED) is 0.712. The first kappa shape index (κ1) is 22.1. The summed E-state index contributed by atoms with van der Waals surface area (Å²) in [7, 11) is -3.58. The van der Waals surface area contributed by atoms with Crippen LogP contribution in [0.1, 0.15) is 29.5 Å². The van der Waals surface area contributed by atoms with Gasteiger partial charge in [0.15, 0.2) is 0 Å². The molecule has 1 aliphatic rings. The van der Waals surface area contributed by atoms with Gasteiger partial charge in [-0.3, -0.25) is 4.79 Å². The molecule has 1 aliphatic heterocycles. The Bertz CT molecular complexity index is 978. The van der Waals surface area contributed by atoms with E-state index < -0.39 is 10.0 Å². The standard InChI is InChI=1S/C21H24Cl2N2O3S/c1-15-4-6-16(7-5-15)12-24-21(26)17-3-2-10-25(13-17)29(27,28)14-18-8-9-19(22)11-20(18)23/h4-9,11,17H,2-3,10,12-14H2,1H3,(H,24,26)/t17-/m1/s1. The van der Waals surface area contributed by atoms with Crippen LogP contribution in [0.3, 0.4) is 0 Å². The second-order valence-electron chi connectivity index (χ2n) is 7.39. The van der Waals surface area contributed by atoms with Crippen molar-refractivity contribution in [1.29, 1.82) is 0 Å². The van der Waals surface area contributed by atoms with E-state index in [1.807, 2.05) is 31.2 Å². The summed E-state index contributed by atoms with van der Waals surface area (Å²) >= 11 is 12.0. The van der Waals surface area contributed by atoms with Crippen LogP contribution in [0.4, 0.5) is 0 Å². The Morgan fingerprint density at radius 2 is 1.90 bits per heavy atom. The maximum absolute atomic E-state index is 12.9. The summed E-state index contributed by atoms with van der Waals surface area (Å²) < 4.78 is 27.1. The number of amides is 1. The molecule has 1 N–H and O–H groups in total. The van der Waals surface area contributed by atoms with E-state index in [4.69, 9.17) is 23.2 Å². The van der Waals surface area contributed by atoms with Crippen LogP contribution >= 0.6 is 23.2 Å². The number of hydrogen-bond acceptors (Lipinski definition) is 3. The Morgan fingerprint density at radius 1 is 1.17 bits per heavy atom. The molecule has 3 rings (SSSR count). The second-order valence-corrected chi connectivity index (χ2v) is 10.2. The molecule has 5 nitrogen and oxygen atoms in total. The average Bonchev–Trinajstić information content (AvgIpc) is 2.69. The van der Waals surface area contributed by atoms with Gasteiger partial charge in [0.25, 0.3) is 0 Å². The Hall–Kier alpha value is -1.60. The van der Waals surface area contributed by atoms with E-state index in [9.17, 15) is 13.2 Å². The highest BCUT2D eigenvalue weighted by atomic mass is 35.5. The van der Waals surface area contributed by atoms with Crippen LogP contribution in [0.2, 0.25) is 10.0 Å². The van der Waals surface area contributed by atoms with Crippen molar-refractivity contribution in [1.82, 2.24) is 9.62 Å². The van der Waals surface area contributed by atoms with Crippen molar-refractivity contribution in [3.8, 4) is 0 Å². The molecular formula is C21H24Cl2N2O3S. The zero-order valence-electron chi connectivity index (χ0n) is 16.2. The molecule has 0 radical (unpaired) electrons. The minimum absolute atomic E-state index is 0.116. The summed E-state index contributed by atoms with van der Waals surface area (Å²) in [5, 5.41) is 3.71. The van der Waals surface area contributed by atoms with Crippen molar-refractivity contribution >= 4 is 39.1 Å². The number of piperidine rings is 1. The summed E-state index contributed by atoms with van der Waals surface area (Å²) in [4.78, 5) is 12.6. The summed E-state index contributed by atoms with van der Waals surface area (Å²) in [6, 6.07) is 12.7. The maximum atomic E-state index is 12.9. The maximum Gasteiger partial charge on any atom is 0.224 e. The highest BCUT2D eigenvalue weighted by Gasteiger charge is 2.32. The van der Waals surface area contributed by atoms with E-state index in [0.717, 1.165) is 11.1 Å². The number of carbonyl (C=O) groups excluding carboxylic acids is 1. The molecule has 8 heteroatoms. The van der Waals surface area contributed by atoms with Gasteiger partial charge < -0.3 is 5.32 Å². The van der Waals surface area contributed by atoms with E-state index in [2.05, 4.69) is 5.32 Å². The smallest absolute Gasteiger partial charge is 0.224 e. The first-order chi connectivity index (χ1) is 13.7. The van der Waals surface area contributed by atoms with E-state index in [1.54, 1.807) is 12.1 Å².